The van der Waals surface area contributed by atoms with Crippen molar-refractivity contribution in [1.29, 1.82) is 0 Å². The Hall–Kier alpha value is -2.86. The van der Waals surface area contributed by atoms with E-state index in [2.05, 4.69) is 17.9 Å². The van der Waals surface area contributed by atoms with Gasteiger partial charge >= 0.3 is 11.9 Å². The normalized spacial score (nSPS) is 17.1. The molecule has 2 rings (SSSR count). The summed E-state index contributed by atoms with van der Waals surface area (Å²) in [6.45, 7) is 9.49. The highest BCUT2D eigenvalue weighted by Crippen LogP contribution is 2.31. The average molecular weight is 519 g/mol. The van der Waals surface area contributed by atoms with Gasteiger partial charge in [0.1, 0.15) is 6.61 Å². The number of aliphatic hydroxyl groups is 2. The van der Waals surface area contributed by atoms with E-state index in [1.54, 1.807) is 6.92 Å². The summed E-state index contributed by atoms with van der Waals surface area (Å²) in [6.07, 6.45) is 7.54. The molecule has 0 unspecified atom stereocenters. The van der Waals surface area contributed by atoms with Crippen LogP contribution >= 0.6 is 0 Å². The molecular weight excluding hydrogens is 476 g/mol. The van der Waals surface area contributed by atoms with Crippen LogP contribution in [-0.2, 0) is 19.1 Å². The molecule has 0 amide bonds. The van der Waals surface area contributed by atoms with E-state index in [0.717, 1.165) is 45.6 Å². The maximum absolute atomic E-state index is 11.2. The zero-order chi connectivity index (χ0) is 28.4. The Morgan fingerprint density at radius 1 is 0.806 bits per heavy atom. The number of methoxy groups -OCH3 is 1. The summed E-state index contributed by atoms with van der Waals surface area (Å²) in [5, 5.41) is 37.5. The Kier molecular flexibility index (Phi) is 18.1. The fourth-order valence-corrected chi connectivity index (χ4v) is 3.70. The zero-order valence-corrected chi connectivity index (χ0v) is 22.0. The van der Waals surface area contributed by atoms with Gasteiger partial charge in [-0.3, -0.25) is 20.2 Å². The second kappa shape index (κ2) is 18.4. The lowest BCUT2D eigenvalue weighted by molar-refractivity contribution is -0.578. The molecule has 2 aliphatic carbocycles. The summed E-state index contributed by atoms with van der Waals surface area (Å²) in [4.78, 5) is 42.4. The third-order valence-corrected chi connectivity index (χ3v) is 5.99. The Balaban J connectivity index is 0. The summed E-state index contributed by atoms with van der Waals surface area (Å²) in [6, 6.07) is 0. The highest BCUT2D eigenvalue weighted by molar-refractivity contribution is 5.87. The minimum absolute atomic E-state index is 0.133. The second-order valence-electron chi connectivity index (χ2n) is 8.87. The number of aliphatic hydroxyl groups excluding tert-OH is 2. The van der Waals surface area contributed by atoms with Crippen LogP contribution in [0.25, 0.3) is 0 Å². The molecule has 0 saturated heterocycles. The molecule has 0 heterocycles. The monoisotopic (exact) mass is 518 g/mol. The van der Waals surface area contributed by atoms with E-state index in [4.69, 9.17) is 14.9 Å². The minimum Gasteiger partial charge on any atom is -0.466 e. The number of nitro groups is 2. The summed E-state index contributed by atoms with van der Waals surface area (Å²) in [5.41, 5.74) is -1.36. The quantitative estimate of drug-likeness (QED) is 0.219. The van der Waals surface area contributed by atoms with Gasteiger partial charge in [-0.1, -0.05) is 26.0 Å². The molecule has 12 nitrogen and oxygen atoms in total. The van der Waals surface area contributed by atoms with Crippen LogP contribution in [0.4, 0.5) is 0 Å². The van der Waals surface area contributed by atoms with Gasteiger partial charge in [0.25, 0.3) is 5.54 Å². The largest absolute Gasteiger partial charge is 0.466 e. The highest BCUT2D eigenvalue weighted by atomic mass is 16.6. The molecular formula is C24H42N2O10. The average Bonchev–Trinajstić information content (AvgIpc) is 2.89. The summed E-state index contributed by atoms with van der Waals surface area (Å²) in [7, 11) is 2.33. The molecule has 2 fully saturated rings. The second-order valence-corrected chi connectivity index (χ2v) is 8.87. The van der Waals surface area contributed by atoms with Crippen molar-refractivity contribution < 1.29 is 39.1 Å². The Labute approximate surface area is 212 Å². The van der Waals surface area contributed by atoms with Crippen LogP contribution in [0.5, 0.6) is 0 Å². The van der Waals surface area contributed by atoms with E-state index >= 15 is 0 Å². The first-order chi connectivity index (χ1) is 16.9. The van der Waals surface area contributed by atoms with Crippen molar-refractivity contribution in [2.75, 3.05) is 27.4 Å². The summed E-state index contributed by atoms with van der Waals surface area (Å²) >= 11 is 0. The zero-order valence-electron chi connectivity index (χ0n) is 22.0. The van der Waals surface area contributed by atoms with E-state index in [9.17, 15) is 29.8 Å². The van der Waals surface area contributed by atoms with Gasteiger partial charge in [-0.2, -0.15) is 0 Å². The predicted octanol–water partition coefficient (Wildman–Crippen LogP) is 3.39. The van der Waals surface area contributed by atoms with Crippen molar-refractivity contribution in [3.05, 3.63) is 44.5 Å². The van der Waals surface area contributed by atoms with Crippen molar-refractivity contribution in [2.24, 2.45) is 0 Å². The summed E-state index contributed by atoms with van der Waals surface area (Å²) in [5.74, 6) is -0.896. The van der Waals surface area contributed by atoms with Crippen molar-refractivity contribution in [3.63, 3.8) is 0 Å². The van der Waals surface area contributed by atoms with Gasteiger partial charge in [0, 0.05) is 53.8 Å². The Morgan fingerprint density at radius 3 is 1.39 bits per heavy atom. The number of nitrogens with zero attached hydrogens (tertiary/aromatic N) is 2. The molecule has 2 N–H and O–H groups in total. The molecule has 0 radical (unpaired) electrons. The first kappa shape index (κ1) is 35.3. The van der Waals surface area contributed by atoms with Crippen LogP contribution in [0.15, 0.2) is 24.3 Å². The standard InChI is InChI=1S/C11H17NO4.C7H13NO3.C5H8O2.CH4O/c1-9(2)10(13)16-8-11(12(14)15)6-4-3-5-7-11;9-6-7(8(10)11)4-2-1-3-5-7;1-4(2)5(6)7-3;1-2/h1,3-8H2,2H3;9H,1-6H2;1H2,2-3H3;2H,1H3. The number of hydrogen-bond acceptors (Lipinski definition) is 10. The first-order valence-corrected chi connectivity index (χ1v) is 11.8. The minimum atomic E-state index is -1.07. The molecule has 0 aromatic carbocycles. The predicted molar refractivity (Wildman–Crippen MR) is 133 cm³/mol. The lowest BCUT2D eigenvalue weighted by Gasteiger charge is -2.28. The van der Waals surface area contributed by atoms with Crippen LogP contribution in [0.1, 0.15) is 78.1 Å². The van der Waals surface area contributed by atoms with Crippen LogP contribution in [0.3, 0.4) is 0 Å². The number of ether oxygens (including phenoxy) is 2. The molecule has 208 valence electrons. The van der Waals surface area contributed by atoms with Crippen molar-refractivity contribution >= 4 is 11.9 Å². The molecule has 0 spiro atoms. The van der Waals surface area contributed by atoms with Crippen LogP contribution in [0.2, 0.25) is 0 Å². The van der Waals surface area contributed by atoms with Gasteiger partial charge in [-0.05, 0) is 39.5 Å². The summed E-state index contributed by atoms with van der Waals surface area (Å²) < 4.78 is 9.20. The van der Waals surface area contributed by atoms with Crippen molar-refractivity contribution in [1.82, 2.24) is 0 Å². The first-order valence-electron chi connectivity index (χ1n) is 11.8. The van der Waals surface area contributed by atoms with E-state index in [0.29, 0.717) is 31.3 Å². The molecule has 2 aliphatic rings. The van der Waals surface area contributed by atoms with E-state index in [1.807, 2.05) is 0 Å². The Bertz CT molecular complexity index is 739. The van der Waals surface area contributed by atoms with E-state index in [-0.39, 0.29) is 34.6 Å². The van der Waals surface area contributed by atoms with Gasteiger partial charge in [-0.15, -0.1) is 0 Å². The van der Waals surface area contributed by atoms with Gasteiger partial charge in [0.2, 0.25) is 5.54 Å². The molecule has 36 heavy (non-hydrogen) atoms. The van der Waals surface area contributed by atoms with E-state index in [1.165, 1.54) is 14.0 Å². The van der Waals surface area contributed by atoms with Crippen LogP contribution in [0, 0.1) is 20.2 Å². The van der Waals surface area contributed by atoms with Crippen molar-refractivity contribution in [3.8, 4) is 0 Å². The third kappa shape index (κ3) is 12.2. The number of rotatable bonds is 7. The number of hydrogen-bond donors (Lipinski definition) is 2. The van der Waals surface area contributed by atoms with Crippen molar-refractivity contribution in [2.45, 2.75) is 89.1 Å². The van der Waals surface area contributed by atoms with Gasteiger partial charge in [0.05, 0.1) is 7.11 Å². The van der Waals surface area contributed by atoms with E-state index < -0.39 is 17.0 Å². The lowest BCUT2D eigenvalue weighted by Crippen LogP contribution is -2.45. The van der Waals surface area contributed by atoms with Crippen LogP contribution < -0.4 is 0 Å². The molecule has 0 bridgehead atoms. The molecule has 2 saturated carbocycles. The topological polar surface area (TPSA) is 179 Å². The molecule has 0 aromatic heterocycles. The van der Waals surface area contributed by atoms with Gasteiger partial charge in [0.15, 0.2) is 6.61 Å². The fourth-order valence-electron chi connectivity index (χ4n) is 3.70. The maximum atomic E-state index is 11.2. The number of esters is 2. The van der Waals surface area contributed by atoms with Gasteiger partial charge < -0.3 is 19.7 Å². The van der Waals surface area contributed by atoms with Crippen LogP contribution in [-0.4, -0.2) is 70.5 Å². The number of carbonyl (C=O) groups is 2. The lowest BCUT2D eigenvalue weighted by atomic mass is 9.83. The molecule has 0 atom stereocenters. The molecule has 0 aromatic rings. The smallest absolute Gasteiger partial charge is 0.333 e. The Morgan fingerprint density at radius 2 is 1.17 bits per heavy atom. The number of carbonyl (C=O) groups excluding carboxylic acids is 2. The maximum Gasteiger partial charge on any atom is 0.333 e. The highest BCUT2D eigenvalue weighted by Gasteiger charge is 2.45. The SMILES string of the molecule is C=C(C)C(=O)OC.C=C(C)C(=O)OCC1([N+](=O)[O-])CCCCC1.CO.O=[N+]([O-])C1(CO)CCCCC1. The molecule has 0 aliphatic heterocycles. The van der Waals surface area contributed by atoms with Gasteiger partial charge in [-0.25, -0.2) is 9.59 Å². The fraction of sp³-hybridized carbons (Fsp3) is 0.750. The third-order valence-electron chi connectivity index (χ3n) is 5.99. The molecule has 12 heteroatoms.